The lowest BCUT2D eigenvalue weighted by Gasteiger charge is -2.05. The summed E-state index contributed by atoms with van der Waals surface area (Å²) in [6.45, 7) is 5.28. The molecule has 0 saturated heterocycles. The van der Waals surface area contributed by atoms with Gasteiger partial charge in [-0.25, -0.2) is 0 Å². The van der Waals surface area contributed by atoms with Crippen molar-refractivity contribution in [2.24, 2.45) is 5.92 Å². The van der Waals surface area contributed by atoms with E-state index in [0.717, 1.165) is 11.9 Å². The third-order valence-corrected chi connectivity index (χ3v) is 2.78. The van der Waals surface area contributed by atoms with Crippen molar-refractivity contribution in [3.63, 3.8) is 0 Å². The second-order valence-electron chi connectivity index (χ2n) is 4.94. The van der Waals surface area contributed by atoms with Crippen LogP contribution < -0.4 is 9.88 Å². The Hall–Kier alpha value is -1.90. The molecule has 0 aliphatic heterocycles. The minimum atomic E-state index is 0.0592. The molecule has 0 aliphatic carbocycles. The lowest BCUT2D eigenvalue weighted by Crippen LogP contribution is -2.43. The highest BCUT2D eigenvalue weighted by atomic mass is 16.1. The Kier molecular flexibility index (Phi) is 3.92. The molecule has 1 aromatic heterocycles. The Bertz CT molecular complexity index is 549. The number of aromatic nitrogens is 1. The molecule has 0 atom stereocenters. The van der Waals surface area contributed by atoms with Crippen molar-refractivity contribution >= 4 is 16.7 Å². The second kappa shape index (κ2) is 5.63. The van der Waals surface area contributed by atoms with Crippen molar-refractivity contribution in [3.8, 4) is 0 Å². The number of amides is 1. The Morgan fingerprint density at radius 3 is 2.67 bits per heavy atom. The molecule has 3 nitrogen and oxygen atoms in total. The van der Waals surface area contributed by atoms with Crippen molar-refractivity contribution in [2.45, 2.75) is 20.4 Å². The summed E-state index contributed by atoms with van der Waals surface area (Å²) in [6, 6.07) is 10.2. The van der Waals surface area contributed by atoms with Crippen LogP contribution in [0, 0.1) is 5.92 Å². The van der Waals surface area contributed by atoms with E-state index in [1.165, 1.54) is 5.39 Å². The first-order chi connectivity index (χ1) is 8.65. The van der Waals surface area contributed by atoms with Gasteiger partial charge < -0.3 is 5.32 Å². The van der Waals surface area contributed by atoms with E-state index in [0.29, 0.717) is 12.5 Å². The molecule has 0 fully saturated rings. The maximum Gasteiger partial charge on any atom is 0.285 e. The van der Waals surface area contributed by atoms with Gasteiger partial charge in [-0.3, -0.25) is 4.79 Å². The third-order valence-electron chi connectivity index (χ3n) is 2.78. The van der Waals surface area contributed by atoms with Crippen LogP contribution in [0.3, 0.4) is 0 Å². The van der Waals surface area contributed by atoms with Gasteiger partial charge in [0.2, 0.25) is 6.54 Å². The molecule has 0 aliphatic rings. The van der Waals surface area contributed by atoms with E-state index < -0.39 is 0 Å². The van der Waals surface area contributed by atoms with Gasteiger partial charge in [0.25, 0.3) is 5.91 Å². The minimum absolute atomic E-state index is 0.0592. The topological polar surface area (TPSA) is 33.0 Å². The van der Waals surface area contributed by atoms with Crippen LogP contribution in [0.1, 0.15) is 13.8 Å². The van der Waals surface area contributed by atoms with Crippen molar-refractivity contribution in [3.05, 3.63) is 42.7 Å². The number of fused-ring (bicyclic) bond motifs is 1. The number of hydrogen-bond acceptors (Lipinski definition) is 1. The summed E-state index contributed by atoms with van der Waals surface area (Å²) in [6.07, 6.45) is 3.95. The predicted octanol–water partition coefficient (Wildman–Crippen LogP) is 1.90. The molecule has 1 amide bonds. The van der Waals surface area contributed by atoms with E-state index in [9.17, 15) is 4.79 Å². The van der Waals surface area contributed by atoms with Gasteiger partial charge in [0.05, 0.1) is 0 Å². The van der Waals surface area contributed by atoms with Gasteiger partial charge >= 0.3 is 0 Å². The molecule has 2 rings (SSSR count). The van der Waals surface area contributed by atoms with E-state index >= 15 is 0 Å². The fourth-order valence-corrected chi connectivity index (χ4v) is 1.82. The number of carbonyl (C=O) groups excluding carboxylic acids is 1. The lowest BCUT2D eigenvalue weighted by molar-refractivity contribution is -0.683. The van der Waals surface area contributed by atoms with Crippen LogP contribution in [0.15, 0.2) is 42.7 Å². The van der Waals surface area contributed by atoms with E-state index in [-0.39, 0.29) is 5.91 Å². The average Bonchev–Trinajstić information content (AvgIpc) is 2.36. The minimum Gasteiger partial charge on any atom is -0.350 e. The molecule has 0 bridgehead atoms. The van der Waals surface area contributed by atoms with E-state index in [4.69, 9.17) is 0 Å². The molecule has 0 spiro atoms. The quantitative estimate of drug-likeness (QED) is 0.817. The molecule has 3 heteroatoms. The highest BCUT2D eigenvalue weighted by Gasteiger charge is 2.09. The Balaban J connectivity index is 2.05. The third kappa shape index (κ3) is 3.29. The molecule has 1 N–H and O–H groups in total. The van der Waals surface area contributed by atoms with Crippen LogP contribution in [0.4, 0.5) is 0 Å². The Morgan fingerprint density at radius 1 is 1.22 bits per heavy atom. The Labute approximate surface area is 107 Å². The molecule has 18 heavy (non-hydrogen) atoms. The zero-order chi connectivity index (χ0) is 13.0. The van der Waals surface area contributed by atoms with Gasteiger partial charge in [-0.2, -0.15) is 4.57 Å². The summed E-state index contributed by atoms with van der Waals surface area (Å²) in [7, 11) is 0. The SMILES string of the molecule is CC(C)CNC(=O)C[n+]1ccc2ccccc2c1. The average molecular weight is 243 g/mol. The summed E-state index contributed by atoms with van der Waals surface area (Å²) in [5.74, 6) is 0.541. The van der Waals surface area contributed by atoms with E-state index in [2.05, 4.69) is 31.3 Å². The number of nitrogens with zero attached hydrogens (tertiary/aromatic N) is 1. The van der Waals surface area contributed by atoms with Crippen molar-refractivity contribution in [2.75, 3.05) is 6.54 Å². The number of rotatable bonds is 4. The van der Waals surface area contributed by atoms with Crippen LogP contribution in [0.25, 0.3) is 10.8 Å². The highest BCUT2D eigenvalue weighted by Crippen LogP contribution is 2.09. The number of carbonyl (C=O) groups is 1. The first-order valence-corrected chi connectivity index (χ1v) is 6.29. The van der Waals surface area contributed by atoms with E-state index in [1.54, 1.807) is 0 Å². The summed E-state index contributed by atoms with van der Waals surface area (Å²) in [5, 5.41) is 5.26. The smallest absolute Gasteiger partial charge is 0.285 e. The molecule has 0 saturated carbocycles. The van der Waals surface area contributed by atoms with E-state index in [1.807, 2.05) is 35.2 Å². The van der Waals surface area contributed by atoms with Crippen LogP contribution in [-0.2, 0) is 11.3 Å². The Morgan fingerprint density at radius 2 is 1.94 bits per heavy atom. The van der Waals surface area contributed by atoms with Crippen LogP contribution in [0.5, 0.6) is 0 Å². The molecule has 2 aromatic rings. The number of nitrogens with one attached hydrogen (secondary N) is 1. The van der Waals surface area contributed by atoms with Crippen molar-refractivity contribution in [1.82, 2.24) is 5.32 Å². The van der Waals surface area contributed by atoms with Crippen molar-refractivity contribution < 1.29 is 9.36 Å². The van der Waals surface area contributed by atoms with Crippen LogP contribution >= 0.6 is 0 Å². The van der Waals surface area contributed by atoms with Gasteiger partial charge in [-0.05, 0) is 17.4 Å². The first kappa shape index (κ1) is 12.6. The van der Waals surface area contributed by atoms with Gasteiger partial charge in [0.1, 0.15) is 0 Å². The second-order valence-corrected chi connectivity index (χ2v) is 4.94. The normalized spacial score (nSPS) is 10.8. The monoisotopic (exact) mass is 243 g/mol. The maximum absolute atomic E-state index is 11.7. The van der Waals surface area contributed by atoms with Crippen LogP contribution in [0.2, 0.25) is 0 Å². The maximum atomic E-state index is 11.7. The summed E-state index contributed by atoms with van der Waals surface area (Å²) < 4.78 is 1.91. The number of hydrogen-bond donors (Lipinski definition) is 1. The molecule has 0 unspecified atom stereocenters. The van der Waals surface area contributed by atoms with Gasteiger partial charge in [-0.1, -0.05) is 32.0 Å². The molecule has 0 radical (unpaired) electrons. The zero-order valence-electron chi connectivity index (χ0n) is 10.9. The molecule has 1 heterocycles. The fourth-order valence-electron chi connectivity index (χ4n) is 1.82. The first-order valence-electron chi connectivity index (χ1n) is 6.29. The van der Waals surface area contributed by atoms with Crippen LogP contribution in [-0.4, -0.2) is 12.5 Å². The lowest BCUT2D eigenvalue weighted by atomic mass is 10.2. The molecular formula is C15H19N2O+. The standard InChI is InChI=1S/C15H18N2O/c1-12(2)9-16-15(18)11-17-8-7-13-5-3-4-6-14(13)10-17/h3-8,10,12H,9,11H2,1-2H3/p+1. The van der Waals surface area contributed by atoms with Gasteiger partial charge in [-0.15, -0.1) is 0 Å². The number of pyridine rings is 1. The van der Waals surface area contributed by atoms with Crippen molar-refractivity contribution in [1.29, 1.82) is 0 Å². The predicted molar refractivity (Wildman–Crippen MR) is 72.0 cm³/mol. The summed E-state index contributed by atoms with van der Waals surface area (Å²) in [5.41, 5.74) is 0. The largest absolute Gasteiger partial charge is 0.350 e. The molecule has 94 valence electrons. The zero-order valence-corrected chi connectivity index (χ0v) is 10.9. The van der Waals surface area contributed by atoms with Gasteiger partial charge in [0, 0.05) is 18.0 Å². The van der Waals surface area contributed by atoms with Gasteiger partial charge in [0.15, 0.2) is 12.4 Å². The molecule has 1 aromatic carbocycles. The summed E-state index contributed by atoms with van der Waals surface area (Å²) in [4.78, 5) is 11.7. The highest BCUT2D eigenvalue weighted by molar-refractivity contribution is 5.80. The molecular weight excluding hydrogens is 224 g/mol. The number of benzene rings is 1. The fraction of sp³-hybridized carbons (Fsp3) is 0.333. The summed E-state index contributed by atoms with van der Waals surface area (Å²) >= 11 is 0.